The lowest BCUT2D eigenvalue weighted by Gasteiger charge is -2.44. The molecule has 0 aromatic heterocycles. The van der Waals surface area contributed by atoms with Gasteiger partial charge in [-0.1, -0.05) is 6.92 Å². The second-order valence-corrected chi connectivity index (χ2v) is 9.21. The third-order valence-electron chi connectivity index (χ3n) is 7.17. The van der Waals surface area contributed by atoms with Gasteiger partial charge in [0.2, 0.25) is 6.29 Å². The van der Waals surface area contributed by atoms with Crippen molar-refractivity contribution in [2.75, 3.05) is 13.7 Å². The molecule has 0 amide bonds. The van der Waals surface area contributed by atoms with Crippen molar-refractivity contribution in [2.24, 2.45) is 11.8 Å². The molecule has 12 nitrogen and oxygen atoms in total. The van der Waals surface area contributed by atoms with Crippen molar-refractivity contribution in [3.8, 4) is 5.75 Å². The molecular formula is C24H30O12. The van der Waals surface area contributed by atoms with Gasteiger partial charge < -0.3 is 49.2 Å². The van der Waals surface area contributed by atoms with Crippen LogP contribution < -0.4 is 4.74 Å². The fraction of sp³-hybridized carbons (Fsp3) is 0.583. The van der Waals surface area contributed by atoms with Crippen LogP contribution in [0.4, 0.5) is 0 Å². The van der Waals surface area contributed by atoms with Gasteiger partial charge in [-0.05, 0) is 24.3 Å². The number of carbonyl (C=O) groups is 2. The van der Waals surface area contributed by atoms with Crippen LogP contribution in [0, 0.1) is 11.8 Å². The lowest BCUT2D eigenvalue weighted by molar-refractivity contribution is -0.346. The summed E-state index contributed by atoms with van der Waals surface area (Å²) in [5.41, 5.74) is -1.60. The molecule has 3 aliphatic rings. The summed E-state index contributed by atoms with van der Waals surface area (Å²) in [5.74, 6) is -1.60. The van der Waals surface area contributed by atoms with Crippen LogP contribution in [0.1, 0.15) is 23.7 Å². The summed E-state index contributed by atoms with van der Waals surface area (Å²) in [6.07, 6.45) is -8.48. The highest BCUT2D eigenvalue weighted by Gasteiger charge is 2.61. The zero-order valence-electron chi connectivity index (χ0n) is 19.7. The summed E-state index contributed by atoms with van der Waals surface area (Å²) < 4.78 is 27.5. The van der Waals surface area contributed by atoms with Crippen molar-refractivity contribution in [3.63, 3.8) is 0 Å². The molecule has 0 radical (unpaired) electrons. The molecule has 5 N–H and O–H groups in total. The van der Waals surface area contributed by atoms with Crippen LogP contribution in [0.3, 0.4) is 0 Å². The number of hydrogen-bond donors (Lipinski definition) is 5. The Hall–Kier alpha value is -2.58. The lowest BCUT2D eigenvalue weighted by atomic mass is 9.79. The molecule has 0 spiro atoms. The Morgan fingerprint density at radius 3 is 2.44 bits per heavy atom. The SMILES string of the molecule is COc1ccc(C(=O)OC2CC3(O)C(C=O)=COC(OC4OC(CO)C(O)C(O)C4O)C3C2C)cc1. The zero-order valence-corrected chi connectivity index (χ0v) is 19.7. The van der Waals surface area contributed by atoms with Crippen LogP contribution in [0.2, 0.25) is 0 Å². The zero-order chi connectivity index (χ0) is 26.2. The van der Waals surface area contributed by atoms with Crippen LogP contribution in [-0.2, 0) is 23.7 Å². The number of fused-ring (bicyclic) bond motifs is 1. The minimum atomic E-state index is -1.79. The predicted octanol–water partition coefficient (Wildman–Crippen LogP) is -1.14. The molecule has 1 saturated carbocycles. The molecule has 1 aromatic carbocycles. The van der Waals surface area contributed by atoms with E-state index in [1.54, 1.807) is 19.1 Å². The highest BCUT2D eigenvalue weighted by molar-refractivity contribution is 5.89. The highest BCUT2D eigenvalue weighted by Crippen LogP contribution is 2.51. The topological polar surface area (TPSA) is 181 Å². The molecule has 10 atom stereocenters. The molecule has 10 unspecified atom stereocenters. The number of hydrogen-bond acceptors (Lipinski definition) is 12. The molecule has 1 saturated heterocycles. The van der Waals surface area contributed by atoms with E-state index in [1.807, 2.05) is 0 Å². The number of methoxy groups -OCH3 is 1. The molecule has 198 valence electrons. The van der Waals surface area contributed by atoms with Crippen LogP contribution in [-0.4, -0.2) is 100 Å². The van der Waals surface area contributed by atoms with E-state index >= 15 is 0 Å². The highest BCUT2D eigenvalue weighted by atomic mass is 16.8. The van der Waals surface area contributed by atoms with Gasteiger partial charge in [0.05, 0.1) is 37.0 Å². The summed E-state index contributed by atoms with van der Waals surface area (Å²) in [6, 6.07) is 6.28. The largest absolute Gasteiger partial charge is 0.497 e. The Bertz CT molecular complexity index is 978. The Kier molecular flexibility index (Phi) is 7.67. The normalized spacial score (nSPS) is 40.0. The summed E-state index contributed by atoms with van der Waals surface area (Å²) in [5, 5.41) is 51.4. The number of esters is 1. The van der Waals surface area contributed by atoms with Crippen molar-refractivity contribution < 1.29 is 58.8 Å². The smallest absolute Gasteiger partial charge is 0.338 e. The van der Waals surface area contributed by atoms with E-state index in [-0.39, 0.29) is 17.6 Å². The van der Waals surface area contributed by atoms with Gasteiger partial charge in [0.15, 0.2) is 12.6 Å². The van der Waals surface area contributed by atoms with Crippen molar-refractivity contribution in [2.45, 2.75) is 62.0 Å². The fourth-order valence-corrected chi connectivity index (χ4v) is 5.05. The Labute approximate surface area is 206 Å². The Morgan fingerprint density at radius 2 is 1.83 bits per heavy atom. The lowest BCUT2D eigenvalue weighted by Crippen LogP contribution is -2.61. The van der Waals surface area contributed by atoms with Crippen molar-refractivity contribution >= 4 is 12.3 Å². The summed E-state index contributed by atoms with van der Waals surface area (Å²) in [7, 11) is 1.50. The molecule has 12 heteroatoms. The summed E-state index contributed by atoms with van der Waals surface area (Å²) in [4.78, 5) is 24.5. The maximum absolute atomic E-state index is 12.8. The number of rotatable bonds is 7. The number of aliphatic hydroxyl groups is 5. The first-order valence-corrected chi connectivity index (χ1v) is 11.5. The minimum Gasteiger partial charge on any atom is -0.497 e. The Morgan fingerprint density at radius 1 is 1.14 bits per heavy atom. The molecule has 1 aromatic rings. The third kappa shape index (κ3) is 4.61. The summed E-state index contributed by atoms with van der Waals surface area (Å²) in [6.45, 7) is 1.04. The van der Waals surface area contributed by atoms with E-state index in [2.05, 4.69) is 0 Å². The molecular weight excluding hydrogens is 480 g/mol. The molecule has 2 fully saturated rings. The van der Waals surface area contributed by atoms with Gasteiger partial charge in [-0.15, -0.1) is 0 Å². The van der Waals surface area contributed by atoms with E-state index in [0.717, 1.165) is 6.26 Å². The third-order valence-corrected chi connectivity index (χ3v) is 7.17. The van der Waals surface area contributed by atoms with Crippen molar-refractivity contribution in [1.29, 1.82) is 0 Å². The van der Waals surface area contributed by atoms with Gasteiger partial charge in [-0.2, -0.15) is 0 Å². The monoisotopic (exact) mass is 510 g/mol. The fourth-order valence-electron chi connectivity index (χ4n) is 5.05. The van der Waals surface area contributed by atoms with Gasteiger partial charge in [0.25, 0.3) is 0 Å². The summed E-state index contributed by atoms with van der Waals surface area (Å²) >= 11 is 0. The maximum atomic E-state index is 12.8. The molecule has 2 aliphatic heterocycles. The van der Waals surface area contributed by atoms with E-state index < -0.39 is 73.1 Å². The van der Waals surface area contributed by atoms with E-state index in [4.69, 9.17) is 23.7 Å². The van der Waals surface area contributed by atoms with Gasteiger partial charge in [-0.25, -0.2) is 4.79 Å². The van der Waals surface area contributed by atoms with Crippen LogP contribution in [0.25, 0.3) is 0 Å². The first-order valence-electron chi connectivity index (χ1n) is 11.5. The number of ether oxygens (including phenoxy) is 5. The van der Waals surface area contributed by atoms with E-state index in [9.17, 15) is 35.1 Å². The molecule has 1 aliphatic carbocycles. The second-order valence-electron chi connectivity index (χ2n) is 9.21. The van der Waals surface area contributed by atoms with Gasteiger partial charge in [0.1, 0.15) is 41.9 Å². The maximum Gasteiger partial charge on any atom is 0.338 e. The molecule has 36 heavy (non-hydrogen) atoms. The van der Waals surface area contributed by atoms with Gasteiger partial charge in [0, 0.05) is 12.3 Å². The number of benzene rings is 1. The number of aldehydes is 1. The molecule has 0 bridgehead atoms. The first-order chi connectivity index (χ1) is 17.1. The number of carbonyl (C=O) groups excluding carboxylic acids is 2. The van der Waals surface area contributed by atoms with Crippen LogP contribution in [0.15, 0.2) is 36.1 Å². The number of aliphatic hydroxyl groups excluding tert-OH is 4. The Balaban J connectivity index is 1.54. The molecule has 4 rings (SSSR count). The molecule has 2 heterocycles. The average Bonchev–Trinajstić information content (AvgIpc) is 3.14. The van der Waals surface area contributed by atoms with E-state index in [0.29, 0.717) is 12.0 Å². The van der Waals surface area contributed by atoms with Crippen LogP contribution in [0.5, 0.6) is 5.75 Å². The first kappa shape index (κ1) is 26.5. The minimum absolute atomic E-state index is 0.0731. The van der Waals surface area contributed by atoms with Crippen molar-refractivity contribution in [1.82, 2.24) is 0 Å². The van der Waals surface area contributed by atoms with E-state index in [1.165, 1.54) is 19.2 Å². The quantitative estimate of drug-likeness (QED) is 0.220. The second kappa shape index (κ2) is 10.4. The standard InChI is InChI=1S/C24H30O12/c1-11-15(34-21(30)12-3-5-14(32-2)6-4-12)7-24(31)13(8-25)10-33-22(17(11)24)36-23-20(29)19(28)18(27)16(9-26)35-23/h3-6,8,10-11,15-20,22-23,26-29,31H,7,9H2,1-2H3. The predicted molar refractivity (Wildman–Crippen MR) is 118 cm³/mol. The van der Waals surface area contributed by atoms with Gasteiger partial charge >= 0.3 is 5.97 Å². The van der Waals surface area contributed by atoms with Gasteiger partial charge in [-0.3, -0.25) is 4.79 Å². The van der Waals surface area contributed by atoms with Crippen molar-refractivity contribution in [3.05, 3.63) is 41.7 Å². The van der Waals surface area contributed by atoms with Crippen LogP contribution >= 0.6 is 0 Å². The average molecular weight is 510 g/mol.